The number of halogens is 1. The summed E-state index contributed by atoms with van der Waals surface area (Å²) in [7, 11) is 0. The molecule has 0 aliphatic heterocycles. The van der Waals surface area contributed by atoms with Crippen LogP contribution in [0.2, 0.25) is 0 Å². The number of hydrogen-bond donors (Lipinski definition) is 1. The normalized spacial score (nSPS) is 11.0. The molecule has 1 heterocycles. The Morgan fingerprint density at radius 1 is 0.923 bits per heavy atom. The van der Waals surface area contributed by atoms with Crippen molar-refractivity contribution in [3.05, 3.63) is 98.6 Å². The molecule has 0 saturated carbocycles. The Balaban J connectivity index is 1.98. The number of hydrogen-bond acceptors (Lipinski definition) is 3. The lowest BCUT2D eigenvalue weighted by Gasteiger charge is -2.11. The van der Waals surface area contributed by atoms with Gasteiger partial charge in [0.1, 0.15) is 17.1 Å². The first-order chi connectivity index (χ1) is 12.6. The molecular weight excluding hydrogens is 392 g/mol. The second-order valence-electron chi connectivity index (χ2n) is 6.05. The lowest BCUT2D eigenvalue weighted by molar-refractivity contribution is 0.469. The second kappa shape index (κ2) is 6.81. The third-order valence-electron chi connectivity index (χ3n) is 4.34. The van der Waals surface area contributed by atoms with E-state index in [9.17, 15) is 9.90 Å². The van der Waals surface area contributed by atoms with Crippen molar-refractivity contribution in [1.82, 2.24) is 0 Å². The predicted octanol–water partition coefficient (Wildman–Crippen LogP) is 5.52. The first-order valence-electron chi connectivity index (χ1n) is 8.21. The Morgan fingerprint density at radius 3 is 2.46 bits per heavy atom. The SMILES string of the molecule is O=c1c(Cc2cc(Br)ccc2O)c(-c2ccccc2)oc2ccccc12. The number of aromatic hydroxyl groups is 1. The molecule has 128 valence electrons. The molecular formula is C22H15BrO3. The van der Waals surface area contributed by atoms with Crippen LogP contribution in [0.15, 0.2) is 86.5 Å². The van der Waals surface area contributed by atoms with E-state index in [0.717, 1.165) is 10.0 Å². The lowest BCUT2D eigenvalue weighted by Crippen LogP contribution is -2.12. The quantitative estimate of drug-likeness (QED) is 0.487. The van der Waals surface area contributed by atoms with Crippen LogP contribution in [0.1, 0.15) is 11.1 Å². The third-order valence-corrected chi connectivity index (χ3v) is 4.83. The van der Waals surface area contributed by atoms with Crippen LogP contribution >= 0.6 is 15.9 Å². The topological polar surface area (TPSA) is 50.4 Å². The molecule has 1 N–H and O–H groups in total. The van der Waals surface area contributed by atoms with Crippen LogP contribution in [-0.4, -0.2) is 5.11 Å². The predicted molar refractivity (Wildman–Crippen MR) is 107 cm³/mol. The van der Waals surface area contributed by atoms with Crippen molar-refractivity contribution in [1.29, 1.82) is 0 Å². The standard InChI is InChI=1S/C22H15BrO3/c23-16-10-11-19(24)15(12-16)13-18-21(25)17-8-4-5-9-20(17)26-22(18)14-6-2-1-3-7-14/h1-12,24H,13H2. The van der Waals surface area contributed by atoms with Gasteiger partial charge in [-0.25, -0.2) is 0 Å². The van der Waals surface area contributed by atoms with Gasteiger partial charge in [0.2, 0.25) is 0 Å². The van der Waals surface area contributed by atoms with Gasteiger partial charge < -0.3 is 9.52 Å². The van der Waals surface area contributed by atoms with Gasteiger partial charge in [0, 0.05) is 22.0 Å². The zero-order valence-electron chi connectivity index (χ0n) is 13.8. The zero-order chi connectivity index (χ0) is 18.1. The van der Waals surface area contributed by atoms with Crippen LogP contribution in [0.3, 0.4) is 0 Å². The van der Waals surface area contributed by atoms with Gasteiger partial charge in [-0.15, -0.1) is 0 Å². The zero-order valence-corrected chi connectivity index (χ0v) is 15.4. The summed E-state index contributed by atoms with van der Waals surface area (Å²) in [5, 5.41) is 10.7. The van der Waals surface area contributed by atoms with Crippen LogP contribution in [0.25, 0.3) is 22.3 Å². The fourth-order valence-corrected chi connectivity index (χ4v) is 3.46. The molecule has 0 spiro atoms. The molecule has 0 amide bonds. The number of fused-ring (bicyclic) bond motifs is 1. The first-order valence-corrected chi connectivity index (χ1v) is 9.00. The molecule has 0 atom stereocenters. The summed E-state index contributed by atoms with van der Waals surface area (Å²) in [5.74, 6) is 0.688. The molecule has 3 nitrogen and oxygen atoms in total. The number of para-hydroxylation sites is 1. The minimum atomic E-state index is -0.0786. The first kappa shape index (κ1) is 16.6. The highest BCUT2D eigenvalue weighted by Gasteiger charge is 2.17. The number of rotatable bonds is 3. The minimum absolute atomic E-state index is 0.0786. The third kappa shape index (κ3) is 3.04. The number of benzene rings is 3. The highest BCUT2D eigenvalue weighted by atomic mass is 79.9. The molecule has 0 saturated heterocycles. The molecule has 4 rings (SSSR count). The fraction of sp³-hybridized carbons (Fsp3) is 0.0455. The molecule has 0 radical (unpaired) electrons. The molecule has 4 heteroatoms. The largest absolute Gasteiger partial charge is 0.508 e. The van der Waals surface area contributed by atoms with E-state index in [1.165, 1.54) is 0 Å². The summed E-state index contributed by atoms with van der Waals surface area (Å²) in [6.45, 7) is 0. The van der Waals surface area contributed by atoms with Crippen molar-refractivity contribution >= 4 is 26.9 Å². The maximum absolute atomic E-state index is 13.2. The molecule has 3 aromatic carbocycles. The van der Waals surface area contributed by atoms with Crippen LogP contribution in [0, 0.1) is 0 Å². The van der Waals surface area contributed by atoms with E-state index >= 15 is 0 Å². The fourth-order valence-electron chi connectivity index (χ4n) is 3.05. The van der Waals surface area contributed by atoms with E-state index in [2.05, 4.69) is 15.9 Å². The molecule has 0 aliphatic carbocycles. The van der Waals surface area contributed by atoms with E-state index in [-0.39, 0.29) is 17.6 Å². The highest BCUT2D eigenvalue weighted by Crippen LogP contribution is 2.30. The summed E-state index contributed by atoms with van der Waals surface area (Å²) in [6.07, 6.45) is 0.280. The summed E-state index contributed by atoms with van der Waals surface area (Å²) in [5.41, 5.74) is 2.51. The summed E-state index contributed by atoms with van der Waals surface area (Å²) < 4.78 is 6.95. The average molecular weight is 407 g/mol. The molecule has 0 aliphatic rings. The minimum Gasteiger partial charge on any atom is -0.508 e. The molecule has 0 fully saturated rings. The maximum Gasteiger partial charge on any atom is 0.196 e. The molecule has 4 aromatic rings. The van der Waals surface area contributed by atoms with Gasteiger partial charge in [-0.05, 0) is 35.9 Å². The second-order valence-corrected chi connectivity index (χ2v) is 6.97. The highest BCUT2D eigenvalue weighted by molar-refractivity contribution is 9.10. The Bertz CT molecular complexity index is 1150. The van der Waals surface area contributed by atoms with Crippen molar-refractivity contribution in [2.24, 2.45) is 0 Å². The van der Waals surface area contributed by atoms with Gasteiger partial charge in [-0.3, -0.25) is 4.79 Å². The number of phenols is 1. The Labute approximate surface area is 158 Å². The summed E-state index contributed by atoms with van der Waals surface area (Å²) in [4.78, 5) is 13.2. The van der Waals surface area contributed by atoms with E-state index in [1.807, 2.05) is 48.5 Å². The Morgan fingerprint density at radius 2 is 1.65 bits per heavy atom. The van der Waals surface area contributed by atoms with Crippen LogP contribution < -0.4 is 5.43 Å². The van der Waals surface area contributed by atoms with Crippen molar-refractivity contribution < 1.29 is 9.52 Å². The van der Waals surface area contributed by atoms with Crippen LogP contribution in [0.4, 0.5) is 0 Å². The molecule has 26 heavy (non-hydrogen) atoms. The Kier molecular flexibility index (Phi) is 4.35. The van der Waals surface area contributed by atoms with Crippen molar-refractivity contribution in [2.45, 2.75) is 6.42 Å². The summed E-state index contributed by atoms with van der Waals surface area (Å²) >= 11 is 3.42. The van der Waals surface area contributed by atoms with Crippen molar-refractivity contribution in [2.75, 3.05) is 0 Å². The van der Waals surface area contributed by atoms with Gasteiger partial charge in [0.15, 0.2) is 5.43 Å². The van der Waals surface area contributed by atoms with Crippen LogP contribution in [0.5, 0.6) is 5.75 Å². The smallest absolute Gasteiger partial charge is 0.196 e. The van der Waals surface area contributed by atoms with E-state index in [4.69, 9.17) is 4.42 Å². The molecule has 0 bridgehead atoms. The van der Waals surface area contributed by atoms with Gasteiger partial charge in [0.25, 0.3) is 0 Å². The van der Waals surface area contributed by atoms with Gasteiger partial charge in [0.05, 0.1) is 5.39 Å². The van der Waals surface area contributed by atoms with Crippen molar-refractivity contribution in [3.8, 4) is 17.1 Å². The van der Waals surface area contributed by atoms with E-state index in [1.54, 1.807) is 24.3 Å². The monoisotopic (exact) mass is 406 g/mol. The average Bonchev–Trinajstić information content (AvgIpc) is 2.67. The van der Waals surface area contributed by atoms with E-state index in [0.29, 0.717) is 27.9 Å². The molecule has 0 unspecified atom stereocenters. The summed E-state index contributed by atoms with van der Waals surface area (Å²) in [6, 6.07) is 22.0. The molecule has 1 aromatic heterocycles. The maximum atomic E-state index is 13.2. The Hall–Kier alpha value is -2.85. The van der Waals surface area contributed by atoms with Gasteiger partial charge in [-0.1, -0.05) is 58.4 Å². The lowest BCUT2D eigenvalue weighted by atomic mass is 9.98. The van der Waals surface area contributed by atoms with Crippen molar-refractivity contribution in [3.63, 3.8) is 0 Å². The van der Waals surface area contributed by atoms with Gasteiger partial charge >= 0.3 is 0 Å². The van der Waals surface area contributed by atoms with Gasteiger partial charge in [-0.2, -0.15) is 0 Å². The van der Waals surface area contributed by atoms with Crippen LogP contribution in [-0.2, 0) is 6.42 Å². The van der Waals surface area contributed by atoms with E-state index < -0.39 is 0 Å². The number of phenolic OH excluding ortho intramolecular Hbond substituents is 1.